The van der Waals surface area contributed by atoms with Crippen LogP contribution in [0.2, 0.25) is 0 Å². The van der Waals surface area contributed by atoms with E-state index in [4.69, 9.17) is 21.9 Å². The number of hydrogen-bond donors (Lipinski definition) is 0. The summed E-state index contributed by atoms with van der Waals surface area (Å²) in [5.41, 5.74) is -0.163. The molecule has 0 unspecified atom stereocenters. The van der Waals surface area contributed by atoms with Crippen LogP contribution in [0.1, 0.15) is 27.4 Å². The topological polar surface area (TPSA) is 0 Å². The first-order valence-corrected chi connectivity index (χ1v) is 13.6. The first kappa shape index (κ1) is 12.1. The molecule has 9 rings (SSSR count). The fourth-order valence-corrected chi connectivity index (χ4v) is 5.78. The maximum absolute atomic E-state index is 9.59. The van der Waals surface area contributed by atoms with Crippen LogP contribution < -0.4 is 0 Å². The van der Waals surface area contributed by atoms with Gasteiger partial charge in [-0.3, -0.25) is 0 Å². The predicted molar refractivity (Wildman–Crippen MR) is 190 cm³/mol. The maximum atomic E-state index is 9.59. The Labute approximate surface area is 284 Å². The molecule has 44 heavy (non-hydrogen) atoms. The van der Waals surface area contributed by atoms with E-state index in [2.05, 4.69) is 0 Å². The van der Waals surface area contributed by atoms with E-state index in [9.17, 15) is 5.48 Å². The van der Waals surface area contributed by atoms with Gasteiger partial charge in [-0.25, -0.2) is 0 Å². The van der Waals surface area contributed by atoms with E-state index in [-0.39, 0.29) is 87.2 Å². The molecule has 0 fully saturated rings. The summed E-state index contributed by atoms with van der Waals surface area (Å²) >= 11 is 0. The zero-order chi connectivity index (χ0) is 46.4. The van der Waals surface area contributed by atoms with Crippen LogP contribution >= 0.6 is 0 Å². The molecule has 204 valence electrons. The van der Waals surface area contributed by atoms with Crippen LogP contribution in [0, 0.1) is 0 Å². The zero-order valence-electron chi connectivity index (χ0n) is 42.6. The minimum absolute atomic E-state index is 0.0240. The SMILES string of the molecule is [2H]c1cc2c(-c3ccc4c(-c5c([2H])c([2H])c6c([2H])c([2H])c([2H])c([2H])c6c5[2H])c5ccccc5c(-c5c([2H])c([2H])c6c([2H])c([2H])c([2H])c([2H])c6c5[2H])c4c3)c([2H])c([2H])c([2H])c2c([2H])c1[2H]. The molecule has 9 aromatic carbocycles. The van der Waals surface area contributed by atoms with Crippen molar-refractivity contribution in [2.75, 3.05) is 0 Å². The summed E-state index contributed by atoms with van der Waals surface area (Å²) in [5.74, 6) is 0. The second-order valence-corrected chi connectivity index (χ2v) is 10.1. The highest BCUT2D eigenvalue weighted by Crippen LogP contribution is 2.46. The molecule has 0 aliphatic rings. The Bertz CT molecular complexity index is 3660. The Kier molecular flexibility index (Phi) is 2.73. The lowest BCUT2D eigenvalue weighted by molar-refractivity contribution is 1.66. The highest BCUT2D eigenvalue weighted by molar-refractivity contribution is 6.22. The van der Waals surface area contributed by atoms with Gasteiger partial charge in [-0.1, -0.05) is 151 Å². The van der Waals surface area contributed by atoms with Crippen LogP contribution in [0.5, 0.6) is 0 Å². The Morgan fingerprint density at radius 1 is 0.341 bits per heavy atom. The average molecular weight is 577 g/mol. The molecule has 0 nitrogen and oxygen atoms in total. The monoisotopic (exact) mass is 576 g/mol. The lowest BCUT2D eigenvalue weighted by atomic mass is 9.84. The van der Waals surface area contributed by atoms with Crippen molar-refractivity contribution >= 4 is 53.9 Å². The van der Waals surface area contributed by atoms with E-state index in [1.165, 1.54) is 24.3 Å². The summed E-state index contributed by atoms with van der Waals surface area (Å²) in [4.78, 5) is 0. The highest BCUT2D eigenvalue weighted by Gasteiger charge is 2.18. The number of hydrogen-bond acceptors (Lipinski definition) is 0. The van der Waals surface area contributed by atoms with Crippen molar-refractivity contribution in [3.63, 3.8) is 0 Å². The molecular formula is C44H28. The molecule has 0 aliphatic heterocycles. The van der Waals surface area contributed by atoms with E-state index in [1.807, 2.05) is 0 Å². The van der Waals surface area contributed by atoms with Crippen molar-refractivity contribution in [1.29, 1.82) is 0 Å². The molecule has 0 saturated carbocycles. The van der Waals surface area contributed by atoms with Gasteiger partial charge in [-0.15, -0.1) is 0 Å². The second-order valence-electron chi connectivity index (χ2n) is 10.1. The third kappa shape index (κ3) is 3.92. The van der Waals surface area contributed by atoms with Crippen LogP contribution in [0.4, 0.5) is 0 Å². The lowest BCUT2D eigenvalue weighted by Crippen LogP contribution is -1.92. The summed E-state index contributed by atoms with van der Waals surface area (Å²) in [7, 11) is 0. The Morgan fingerprint density at radius 2 is 0.886 bits per heavy atom. The highest BCUT2D eigenvalue weighted by atomic mass is 14.2. The van der Waals surface area contributed by atoms with Gasteiger partial charge < -0.3 is 0 Å². The molecule has 0 saturated heterocycles. The predicted octanol–water partition coefficient (Wildman–Crippen LogP) is 12.5. The van der Waals surface area contributed by atoms with Crippen LogP contribution in [0.25, 0.3) is 87.2 Å². The molecular weight excluding hydrogens is 528 g/mol. The molecule has 0 amide bonds. The molecule has 0 heterocycles. The largest absolute Gasteiger partial charge is 0.0636 e. The van der Waals surface area contributed by atoms with E-state index >= 15 is 0 Å². The van der Waals surface area contributed by atoms with Gasteiger partial charge in [-0.2, -0.15) is 0 Å². The van der Waals surface area contributed by atoms with Crippen molar-refractivity contribution < 1.29 is 27.4 Å². The Balaban J connectivity index is 1.56. The molecule has 0 heteroatoms. The van der Waals surface area contributed by atoms with Crippen LogP contribution in [-0.4, -0.2) is 0 Å². The summed E-state index contributed by atoms with van der Waals surface area (Å²) in [6, 6.07) is 0.662. The van der Waals surface area contributed by atoms with Crippen molar-refractivity contribution in [1.82, 2.24) is 0 Å². The van der Waals surface area contributed by atoms with Crippen LogP contribution in [0.3, 0.4) is 0 Å². The molecule has 9 aromatic rings. The van der Waals surface area contributed by atoms with Gasteiger partial charge >= 0.3 is 0 Å². The first-order chi connectivity index (χ1) is 30.1. The molecule has 0 aromatic heterocycles. The van der Waals surface area contributed by atoms with E-state index in [1.54, 1.807) is 24.3 Å². The minimum Gasteiger partial charge on any atom is -0.0616 e. The van der Waals surface area contributed by atoms with Gasteiger partial charge in [-0.05, 0) is 105 Å². The van der Waals surface area contributed by atoms with Crippen LogP contribution in [0.15, 0.2) is 169 Å². The standard InChI is InChI=1S/C44H28/c1-3-13-32-26-35(22-20-29(32)10-1)43-39-17-7-8-18-40(39)44(36-23-21-30-11-2-4-14-33(30)27-36)42-28-34(24-25-41(42)43)38-19-9-15-31-12-5-6-16-37(31)38/h1-28H/i1D,2D,3D,4D,5D,6D,9D,10D,11D,12D,13D,14D,15D,19D,20D,21D,22D,23D,26D,27D. The smallest absolute Gasteiger partial charge is 0.0616 e. The van der Waals surface area contributed by atoms with Crippen molar-refractivity contribution in [3.05, 3.63) is 169 Å². The maximum Gasteiger partial charge on any atom is 0.0636 e. The van der Waals surface area contributed by atoms with Crippen LogP contribution in [-0.2, 0) is 0 Å². The molecule has 0 N–H and O–H groups in total. The fraction of sp³-hybridized carbons (Fsp3) is 0. The first-order valence-electron chi connectivity index (χ1n) is 23.6. The van der Waals surface area contributed by atoms with Gasteiger partial charge in [0.15, 0.2) is 0 Å². The van der Waals surface area contributed by atoms with E-state index in [0.29, 0.717) is 0 Å². The summed E-state index contributed by atoms with van der Waals surface area (Å²) in [5, 5.41) is -0.719. The molecule has 0 radical (unpaired) electrons. The third-order valence-corrected chi connectivity index (χ3v) is 7.70. The third-order valence-electron chi connectivity index (χ3n) is 7.70. The molecule has 0 aliphatic carbocycles. The molecule has 0 atom stereocenters. The number of rotatable bonds is 3. The van der Waals surface area contributed by atoms with Gasteiger partial charge in [0.25, 0.3) is 0 Å². The minimum atomic E-state index is -0.676. The van der Waals surface area contributed by atoms with Gasteiger partial charge in [0.05, 0.1) is 27.4 Å². The number of fused-ring (bicyclic) bond motifs is 5. The van der Waals surface area contributed by atoms with Gasteiger partial charge in [0, 0.05) is 0 Å². The average Bonchev–Trinajstić information content (AvgIpc) is 3.27. The summed E-state index contributed by atoms with van der Waals surface area (Å²) in [6.07, 6.45) is 0. The zero-order valence-corrected chi connectivity index (χ0v) is 22.6. The summed E-state index contributed by atoms with van der Waals surface area (Å²) in [6.45, 7) is 0. The van der Waals surface area contributed by atoms with Crippen molar-refractivity contribution in [3.8, 4) is 33.4 Å². The quantitative estimate of drug-likeness (QED) is 0.184. The Hall–Kier alpha value is -5.72. The Morgan fingerprint density at radius 3 is 1.57 bits per heavy atom. The van der Waals surface area contributed by atoms with E-state index < -0.39 is 121 Å². The van der Waals surface area contributed by atoms with Gasteiger partial charge in [0.2, 0.25) is 0 Å². The lowest BCUT2D eigenvalue weighted by Gasteiger charge is -2.19. The number of benzene rings is 9. The van der Waals surface area contributed by atoms with Crippen molar-refractivity contribution in [2.45, 2.75) is 0 Å². The summed E-state index contributed by atoms with van der Waals surface area (Å²) < 4.78 is 176. The normalized spacial score (nSPS) is 18.0. The van der Waals surface area contributed by atoms with E-state index in [0.717, 1.165) is 0 Å². The van der Waals surface area contributed by atoms with Crippen molar-refractivity contribution in [2.24, 2.45) is 0 Å². The molecule has 0 bridgehead atoms. The fourth-order valence-electron chi connectivity index (χ4n) is 5.78. The second kappa shape index (κ2) is 9.93. The molecule has 0 spiro atoms. The van der Waals surface area contributed by atoms with Gasteiger partial charge in [0.1, 0.15) is 0 Å².